The second-order valence-electron chi connectivity index (χ2n) is 7.93. The van der Waals surface area contributed by atoms with Gasteiger partial charge in [0.2, 0.25) is 11.7 Å². The number of hydrazine groups is 1. The molecule has 0 radical (unpaired) electrons. The fourth-order valence-electron chi connectivity index (χ4n) is 4.28. The molecule has 2 atom stereocenters. The van der Waals surface area contributed by atoms with Crippen LogP contribution in [-0.2, 0) is 11.3 Å². The maximum Gasteiger partial charge on any atom is 0.251 e. The molecule has 3 heterocycles. The van der Waals surface area contributed by atoms with Crippen LogP contribution < -0.4 is 19.6 Å². The maximum atomic E-state index is 13.2. The second kappa shape index (κ2) is 9.06. The highest BCUT2D eigenvalue weighted by atomic mass is 16.5. The van der Waals surface area contributed by atoms with Crippen LogP contribution in [0.4, 0.5) is 0 Å². The number of para-hydroxylation sites is 1. The molecule has 1 amide bonds. The predicted octanol–water partition coefficient (Wildman–Crippen LogP) is 2.90. The van der Waals surface area contributed by atoms with E-state index in [9.17, 15) is 4.79 Å². The largest absolute Gasteiger partial charge is 0.496 e. The summed E-state index contributed by atoms with van der Waals surface area (Å²) in [4.78, 5) is 19.3. The van der Waals surface area contributed by atoms with Gasteiger partial charge in [-0.15, -0.1) is 0 Å². The Kier molecular flexibility index (Phi) is 5.81. The van der Waals surface area contributed by atoms with E-state index in [2.05, 4.69) is 15.6 Å². The Labute approximate surface area is 196 Å². The Balaban J connectivity index is 1.29. The lowest BCUT2D eigenvalue weighted by molar-refractivity contribution is -0.135. The number of benzene rings is 2. The number of amides is 1. The fraction of sp³-hybridized carbons (Fsp3) is 0.292. The van der Waals surface area contributed by atoms with Gasteiger partial charge in [-0.1, -0.05) is 23.4 Å². The zero-order chi connectivity index (χ0) is 23.7. The monoisotopic (exact) mass is 463 g/mol. The minimum atomic E-state index is -0.340. The molecule has 2 aromatic carbocycles. The first-order valence-electron chi connectivity index (χ1n) is 10.8. The number of rotatable bonds is 7. The van der Waals surface area contributed by atoms with E-state index < -0.39 is 0 Å². The van der Waals surface area contributed by atoms with Crippen molar-refractivity contribution in [3.63, 3.8) is 0 Å². The predicted molar refractivity (Wildman–Crippen MR) is 122 cm³/mol. The molecule has 2 unspecified atom stereocenters. The minimum absolute atomic E-state index is 0.0326. The molecule has 1 saturated heterocycles. The number of hydrogen-bond acceptors (Lipinski definition) is 9. The highest BCUT2D eigenvalue weighted by Crippen LogP contribution is 2.35. The van der Waals surface area contributed by atoms with Gasteiger partial charge in [-0.3, -0.25) is 4.79 Å². The van der Waals surface area contributed by atoms with E-state index >= 15 is 0 Å². The van der Waals surface area contributed by atoms with Crippen molar-refractivity contribution < 1.29 is 23.5 Å². The number of carbonyl (C=O) groups excluding carboxylic acids is 1. The Hall–Kier alpha value is -4.05. The van der Waals surface area contributed by atoms with E-state index in [0.717, 1.165) is 16.9 Å². The summed E-state index contributed by atoms with van der Waals surface area (Å²) in [5.41, 5.74) is 5.13. The van der Waals surface area contributed by atoms with Crippen LogP contribution in [0.5, 0.6) is 17.2 Å². The van der Waals surface area contributed by atoms with Crippen molar-refractivity contribution in [3.05, 3.63) is 66.3 Å². The molecule has 10 heteroatoms. The smallest absolute Gasteiger partial charge is 0.251 e. The Bertz CT molecular complexity index is 1230. The molecule has 3 aromatic rings. The van der Waals surface area contributed by atoms with Crippen LogP contribution >= 0.6 is 0 Å². The fourth-order valence-corrected chi connectivity index (χ4v) is 4.28. The van der Waals surface area contributed by atoms with E-state index in [0.29, 0.717) is 29.6 Å². The highest BCUT2D eigenvalue weighted by Gasteiger charge is 2.41. The van der Waals surface area contributed by atoms with E-state index in [4.69, 9.17) is 18.7 Å². The number of fused-ring (bicyclic) bond motifs is 1. The first kappa shape index (κ1) is 21.8. The van der Waals surface area contributed by atoms with Crippen molar-refractivity contribution in [1.29, 1.82) is 0 Å². The SMILES string of the molecule is COc1ccc(-c2noc(CN3C=CN4NC(c5ccccc5OC)CC4C3=O)n2)cc1OC. The summed E-state index contributed by atoms with van der Waals surface area (Å²) < 4.78 is 21.5. The molecular formula is C24H25N5O5. The van der Waals surface area contributed by atoms with Gasteiger partial charge < -0.3 is 28.6 Å². The Morgan fingerprint density at radius 1 is 1.03 bits per heavy atom. The first-order valence-corrected chi connectivity index (χ1v) is 10.8. The molecule has 2 aliphatic rings. The number of nitrogens with one attached hydrogen (secondary N) is 1. The van der Waals surface area contributed by atoms with E-state index in [1.165, 1.54) is 0 Å². The summed E-state index contributed by atoms with van der Waals surface area (Å²) in [7, 11) is 4.79. The third-order valence-corrected chi connectivity index (χ3v) is 6.00. The van der Waals surface area contributed by atoms with Crippen LogP contribution in [0, 0.1) is 0 Å². The normalized spacial score (nSPS) is 19.3. The van der Waals surface area contributed by atoms with E-state index in [1.54, 1.807) is 44.6 Å². The number of methoxy groups -OCH3 is 3. The van der Waals surface area contributed by atoms with Crippen molar-refractivity contribution in [2.24, 2.45) is 0 Å². The molecule has 0 bridgehead atoms. The lowest BCUT2D eigenvalue weighted by Gasteiger charge is -2.30. The average molecular weight is 463 g/mol. The van der Waals surface area contributed by atoms with Crippen LogP contribution in [-0.4, -0.2) is 53.3 Å². The molecule has 1 N–H and O–H groups in total. The molecule has 5 rings (SSSR count). The van der Waals surface area contributed by atoms with Gasteiger partial charge in [0, 0.05) is 23.5 Å². The molecule has 0 aliphatic carbocycles. The zero-order valence-electron chi connectivity index (χ0n) is 19.1. The topological polar surface area (TPSA) is 102 Å². The lowest BCUT2D eigenvalue weighted by Crippen LogP contribution is -2.47. The van der Waals surface area contributed by atoms with Gasteiger partial charge >= 0.3 is 0 Å². The van der Waals surface area contributed by atoms with Gasteiger partial charge in [0.25, 0.3) is 5.91 Å². The summed E-state index contributed by atoms with van der Waals surface area (Å²) >= 11 is 0. The van der Waals surface area contributed by atoms with E-state index in [-0.39, 0.29) is 24.5 Å². The van der Waals surface area contributed by atoms with Crippen molar-refractivity contribution in [1.82, 2.24) is 25.5 Å². The van der Waals surface area contributed by atoms with Crippen molar-refractivity contribution in [2.45, 2.75) is 25.0 Å². The first-order chi connectivity index (χ1) is 16.6. The quantitative estimate of drug-likeness (QED) is 0.567. The van der Waals surface area contributed by atoms with Gasteiger partial charge in [-0.25, -0.2) is 5.43 Å². The van der Waals surface area contributed by atoms with Crippen molar-refractivity contribution in [3.8, 4) is 28.6 Å². The van der Waals surface area contributed by atoms with Crippen LogP contribution in [0.3, 0.4) is 0 Å². The number of hydrogen-bond donors (Lipinski definition) is 1. The molecule has 1 fully saturated rings. The molecular weight excluding hydrogens is 438 g/mol. The molecule has 34 heavy (non-hydrogen) atoms. The lowest BCUT2D eigenvalue weighted by atomic mass is 10.00. The van der Waals surface area contributed by atoms with Crippen LogP contribution in [0.2, 0.25) is 0 Å². The van der Waals surface area contributed by atoms with Crippen LogP contribution in [0.25, 0.3) is 11.4 Å². The molecule has 10 nitrogen and oxygen atoms in total. The summed E-state index contributed by atoms with van der Waals surface area (Å²) in [5.74, 6) is 2.67. The highest BCUT2D eigenvalue weighted by molar-refractivity contribution is 5.84. The number of ether oxygens (including phenoxy) is 3. The summed E-state index contributed by atoms with van der Waals surface area (Å²) in [6, 6.07) is 12.8. The molecule has 2 aliphatic heterocycles. The minimum Gasteiger partial charge on any atom is -0.496 e. The van der Waals surface area contributed by atoms with Gasteiger partial charge in [-0.2, -0.15) is 4.98 Å². The molecule has 1 aromatic heterocycles. The van der Waals surface area contributed by atoms with Crippen LogP contribution in [0.1, 0.15) is 23.9 Å². The maximum absolute atomic E-state index is 13.2. The number of aromatic nitrogens is 2. The Morgan fingerprint density at radius 3 is 2.62 bits per heavy atom. The zero-order valence-corrected chi connectivity index (χ0v) is 19.1. The number of nitrogens with zero attached hydrogens (tertiary/aromatic N) is 4. The summed E-state index contributed by atoms with van der Waals surface area (Å²) in [6.45, 7) is 0.180. The summed E-state index contributed by atoms with van der Waals surface area (Å²) in [6.07, 6.45) is 4.19. The molecule has 0 saturated carbocycles. The number of carbonyl (C=O) groups is 1. The van der Waals surface area contributed by atoms with Crippen LogP contribution in [0.15, 0.2) is 59.4 Å². The van der Waals surface area contributed by atoms with Crippen molar-refractivity contribution in [2.75, 3.05) is 21.3 Å². The summed E-state index contributed by atoms with van der Waals surface area (Å²) in [5, 5.41) is 5.91. The van der Waals surface area contributed by atoms with E-state index in [1.807, 2.05) is 41.5 Å². The Morgan fingerprint density at radius 2 is 1.82 bits per heavy atom. The standard InChI is InChI=1S/C24H25N5O5/c1-31-19-7-5-4-6-16(19)17-13-18-24(30)28(10-11-29(18)26-17)14-22-25-23(27-34-22)15-8-9-20(32-2)21(12-15)33-3/h4-12,17-18,26H,13-14H2,1-3H3. The third-order valence-electron chi connectivity index (χ3n) is 6.00. The third kappa shape index (κ3) is 3.92. The van der Waals surface area contributed by atoms with Crippen molar-refractivity contribution >= 4 is 5.91 Å². The second-order valence-corrected chi connectivity index (χ2v) is 7.93. The molecule has 0 spiro atoms. The van der Waals surface area contributed by atoms with Gasteiger partial charge in [0.1, 0.15) is 18.3 Å². The van der Waals surface area contributed by atoms with Gasteiger partial charge in [-0.05, 0) is 30.7 Å². The molecule has 176 valence electrons. The average Bonchev–Trinajstić information content (AvgIpc) is 3.53. The van der Waals surface area contributed by atoms with Gasteiger partial charge in [0.05, 0.1) is 27.4 Å². The van der Waals surface area contributed by atoms with Gasteiger partial charge in [0.15, 0.2) is 11.5 Å².